The topological polar surface area (TPSA) is 96.0 Å². The van der Waals surface area contributed by atoms with E-state index in [0.29, 0.717) is 0 Å². The fourth-order valence-corrected chi connectivity index (χ4v) is 2.85. The summed E-state index contributed by atoms with van der Waals surface area (Å²) in [7, 11) is -4.04. The average Bonchev–Trinajstić information content (AvgIpc) is 2.44. The van der Waals surface area contributed by atoms with Gasteiger partial charge in [-0.1, -0.05) is 11.6 Å². The Bertz CT molecular complexity index is 847. The van der Waals surface area contributed by atoms with Crippen molar-refractivity contribution in [3.63, 3.8) is 0 Å². The zero-order valence-corrected chi connectivity index (χ0v) is 12.0. The predicted octanol–water partition coefficient (Wildman–Crippen LogP) is 2.73. The molecule has 0 spiro atoms. The van der Waals surface area contributed by atoms with Crippen molar-refractivity contribution in [1.29, 1.82) is 5.26 Å². The molecule has 0 fully saturated rings. The lowest BCUT2D eigenvalue weighted by Crippen LogP contribution is -2.14. The van der Waals surface area contributed by atoms with Crippen molar-refractivity contribution in [1.82, 2.24) is 0 Å². The van der Waals surface area contributed by atoms with Crippen LogP contribution >= 0.6 is 11.6 Å². The Morgan fingerprint density at radius 1 is 1.24 bits per heavy atom. The van der Waals surface area contributed by atoms with E-state index in [1.165, 1.54) is 24.3 Å². The van der Waals surface area contributed by atoms with Crippen molar-refractivity contribution in [2.45, 2.75) is 4.90 Å². The Morgan fingerprint density at radius 3 is 2.57 bits per heavy atom. The smallest absolute Gasteiger partial charge is 0.262 e. The quantitative estimate of drug-likeness (QED) is 0.848. The highest BCUT2D eigenvalue weighted by Crippen LogP contribution is 2.26. The van der Waals surface area contributed by atoms with Gasteiger partial charge in [-0.3, -0.25) is 4.72 Å². The molecule has 0 unspecified atom stereocenters. The number of nitrogen functional groups attached to an aromatic ring is 1. The molecule has 0 saturated heterocycles. The molecular formula is C13H9ClFN3O2S. The Morgan fingerprint density at radius 2 is 1.95 bits per heavy atom. The lowest BCUT2D eigenvalue weighted by Gasteiger charge is -2.10. The van der Waals surface area contributed by atoms with Gasteiger partial charge in [0, 0.05) is 0 Å². The minimum absolute atomic E-state index is 0.0351. The maximum atomic E-state index is 13.4. The second kappa shape index (κ2) is 5.60. The number of anilines is 2. The second-order valence-electron chi connectivity index (χ2n) is 4.10. The van der Waals surface area contributed by atoms with E-state index in [0.717, 1.165) is 12.1 Å². The third-order valence-electron chi connectivity index (χ3n) is 2.62. The van der Waals surface area contributed by atoms with E-state index in [1.807, 2.05) is 6.07 Å². The first-order chi connectivity index (χ1) is 9.83. The Hall–Kier alpha value is -2.30. The van der Waals surface area contributed by atoms with E-state index in [4.69, 9.17) is 22.6 Å². The van der Waals surface area contributed by atoms with Crippen LogP contribution in [-0.4, -0.2) is 8.42 Å². The molecule has 0 saturated carbocycles. The number of rotatable bonds is 3. The van der Waals surface area contributed by atoms with Gasteiger partial charge >= 0.3 is 0 Å². The van der Waals surface area contributed by atoms with Gasteiger partial charge in [0.2, 0.25) is 0 Å². The number of hydrogen-bond acceptors (Lipinski definition) is 4. The molecular weight excluding hydrogens is 317 g/mol. The Kier molecular flexibility index (Phi) is 4.02. The first-order valence-electron chi connectivity index (χ1n) is 5.61. The minimum atomic E-state index is -4.04. The molecule has 2 aromatic carbocycles. The van der Waals surface area contributed by atoms with Crippen LogP contribution in [-0.2, 0) is 10.0 Å². The van der Waals surface area contributed by atoms with Crippen LogP contribution in [0.2, 0.25) is 5.02 Å². The molecule has 0 aromatic heterocycles. The third-order valence-corrected chi connectivity index (χ3v) is 4.31. The van der Waals surface area contributed by atoms with Gasteiger partial charge in [0.25, 0.3) is 10.0 Å². The largest absolute Gasteiger partial charge is 0.396 e. The average molecular weight is 326 g/mol. The number of nitriles is 1. The summed E-state index contributed by atoms with van der Waals surface area (Å²) in [6, 6.07) is 9.11. The van der Waals surface area contributed by atoms with Crippen LogP contribution in [0, 0.1) is 17.1 Å². The summed E-state index contributed by atoms with van der Waals surface area (Å²) in [4.78, 5) is -0.298. The minimum Gasteiger partial charge on any atom is -0.396 e. The summed E-state index contributed by atoms with van der Waals surface area (Å²) < 4.78 is 39.9. The van der Waals surface area contributed by atoms with E-state index < -0.39 is 15.8 Å². The number of sulfonamides is 1. The van der Waals surface area contributed by atoms with Gasteiger partial charge in [-0.15, -0.1) is 0 Å². The van der Waals surface area contributed by atoms with Gasteiger partial charge in [0.05, 0.1) is 32.9 Å². The van der Waals surface area contributed by atoms with E-state index >= 15 is 0 Å². The lowest BCUT2D eigenvalue weighted by atomic mass is 10.2. The van der Waals surface area contributed by atoms with E-state index in [9.17, 15) is 12.8 Å². The summed E-state index contributed by atoms with van der Waals surface area (Å²) in [5, 5.41) is 8.92. The summed E-state index contributed by atoms with van der Waals surface area (Å²) in [5.41, 5.74) is 5.42. The fraction of sp³-hybridized carbons (Fsp3) is 0. The van der Waals surface area contributed by atoms with Crippen molar-refractivity contribution in [3.8, 4) is 6.07 Å². The number of nitrogens with one attached hydrogen (secondary N) is 1. The van der Waals surface area contributed by atoms with Gasteiger partial charge in [-0.05, 0) is 36.4 Å². The summed E-state index contributed by atoms with van der Waals surface area (Å²) in [6.45, 7) is 0. The van der Waals surface area contributed by atoms with Gasteiger partial charge in [0.1, 0.15) is 5.82 Å². The highest BCUT2D eigenvalue weighted by atomic mass is 35.5. The molecule has 0 radical (unpaired) electrons. The van der Waals surface area contributed by atoms with Crippen LogP contribution in [0.15, 0.2) is 41.3 Å². The molecule has 0 atom stereocenters. The molecule has 8 heteroatoms. The molecule has 2 rings (SSSR count). The molecule has 0 aliphatic heterocycles. The number of nitrogens with zero attached hydrogens (tertiary/aromatic N) is 1. The van der Waals surface area contributed by atoms with Crippen LogP contribution in [0.25, 0.3) is 0 Å². The molecule has 3 N–H and O–H groups in total. The van der Waals surface area contributed by atoms with E-state index in [1.54, 1.807) is 0 Å². The first-order valence-corrected chi connectivity index (χ1v) is 7.47. The number of benzene rings is 2. The van der Waals surface area contributed by atoms with Gasteiger partial charge in [-0.2, -0.15) is 5.26 Å². The van der Waals surface area contributed by atoms with Crippen LogP contribution in [0.1, 0.15) is 5.56 Å². The van der Waals surface area contributed by atoms with Gasteiger partial charge in [0.15, 0.2) is 0 Å². The maximum Gasteiger partial charge on any atom is 0.262 e. The summed E-state index contributed by atoms with van der Waals surface area (Å²) >= 11 is 5.87. The number of nitrogens with two attached hydrogens (primary N) is 1. The highest BCUT2D eigenvalue weighted by molar-refractivity contribution is 7.92. The van der Waals surface area contributed by atoms with Gasteiger partial charge in [-0.25, -0.2) is 12.8 Å². The number of hydrogen-bond donors (Lipinski definition) is 2. The van der Waals surface area contributed by atoms with Crippen molar-refractivity contribution < 1.29 is 12.8 Å². The predicted molar refractivity (Wildman–Crippen MR) is 77.8 cm³/mol. The fourth-order valence-electron chi connectivity index (χ4n) is 1.55. The SMILES string of the molecule is N#Cc1ccc(Cl)c(NS(=O)(=O)c2ccc(N)c(F)c2)c1. The summed E-state index contributed by atoms with van der Waals surface area (Å²) in [6.07, 6.45) is 0. The van der Waals surface area contributed by atoms with Crippen molar-refractivity contribution in [3.05, 3.63) is 52.8 Å². The lowest BCUT2D eigenvalue weighted by molar-refractivity contribution is 0.596. The standard InChI is InChI=1S/C13H9ClFN3O2S/c14-10-3-1-8(7-16)5-13(10)18-21(19,20)9-2-4-12(17)11(15)6-9/h1-6,18H,17H2. The first kappa shape index (κ1) is 15.1. The normalized spacial score (nSPS) is 10.9. The maximum absolute atomic E-state index is 13.4. The zero-order chi connectivity index (χ0) is 15.6. The molecule has 2 aromatic rings. The van der Waals surface area contributed by atoms with Crippen LogP contribution in [0.4, 0.5) is 15.8 Å². The van der Waals surface area contributed by atoms with Crippen LogP contribution in [0.3, 0.4) is 0 Å². The third kappa shape index (κ3) is 3.24. The zero-order valence-electron chi connectivity index (χ0n) is 10.5. The Balaban J connectivity index is 2.42. The molecule has 0 aliphatic carbocycles. The van der Waals surface area contributed by atoms with E-state index in [-0.39, 0.29) is 26.9 Å². The Labute approximate surface area is 125 Å². The highest BCUT2D eigenvalue weighted by Gasteiger charge is 2.17. The monoisotopic (exact) mass is 325 g/mol. The summed E-state index contributed by atoms with van der Waals surface area (Å²) in [5.74, 6) is -0.838. The molecule has 0 amide bonds. The van der Waals surface area contributed by atoms with Crippen molar-refractivity contribution in [2.24, 2.45) is 0 Å². The second-order valence-corrected chi connectivity index (χ2v) is 6.18. The van der Waals surface area contributed by atoms with Crippen molar-refractivity contribution in [2.75, 3.05) is 10.5 Å². The molecule has 0 aliphatic rings. The van der Waals surface area contributed by atoms with E-state index in [2.05, 4.69) is 4.72 Å². The molecule has 108 valence electrons. The van der Waals surface area contributed by atoms with Gasteiger partial charge < -0.3 is 5.73 Å². The van der Waals surface area contributed by atoms with Crippen LogP contribution in [0.5, 0.6) is 0 Å². The molecule has 5 nitrogen and oxygen atoms in total. The van der Waals surface area contributed by atoms with Crippen molar-refractivity contribution >= 4 is 33.0 Å². The molecule has 21 heavy (non-hydrogen) atoms. The number of halogens is 2. The molecule has 0 bridgehead atoms. The molecule has 0 heterocycles. The van der Waals surface area contributed by atoms with Crippen LogP contribution < -0.4 is 10.5 Å².